The summed E-state index contributed by atoms with van der Waals surface area (Å²) in [6, 6.07) is 7.35. The van der Waals surface area contributed by atoms with E-state index < -0.39 is 11.4 Å². The molecule has 1 N–H and O–H groups in total. The molecule has 0 saturated heterocycles. The van der Waals surface area contributed by atoms with Gasteiger partial charge in [-0.15, -0.1) is 0 Å². The number of ether oxygens (including phenoxy) is 1. The van der Waals surface area contributed by atoms with Crippen LogP contribution in [-0.2, 0) is 9.53 Å². The van der Waals surface area contributed by atoms with Gasteiger partial charge in [0.2, 0.25) is 0 Å². The number of carboxylic acids is 1. The van der Waals surface area contributed by atoms with Crippen molar-refractivity contribution in [3.05, 3.63) is 35.4 Å². The van der Waals surface area contributed by atoms with Crippen LogP contribution in [0.5, 0.6) is 0 Å². The van der Waals surface area contributed by atoms with Gasteiger partial charge in [-0.3, -0.25) is 4.79 Å². The molecule has 1 aromatic carbocycles. The maximum absolute atomic E-state index is 11.6. The van der Waals surface area contributed by atoms with Gasteiger partial charge in [0.05, 0.1) is 18.1 Å². The highest BCUT2D eigenvalue weighted by molar-refractivity contribution is 5.89. The van der Waals surface area contributed by atoms with Gasteiger partial charge in [-0.2, -0.15) is 0 Å². The summed E-state index contributed by atoms with van der Waals surface area (Å²) in [5.74, 6) is -0.777. The summed E-state index contributed by atoms with van der Waals surface area (Å²) in [5.41, 5.74) is 1.04. The molecule has 0 aliphatic heterocycles. The van der Waals surface area contributed by atoms with Crippen molar-refractivity contribution in [1.82, 2.24) is 0 Å². The predicted molar refractivity (Wildman–Crippen MR) is 79.4 cm³/mol. The van der Waals surface area contributed by atoms with Gasteiger partial charge < -0.3 is 9.84 Å². The first-order chi connectivity index (χ1) is 10.0. The van der Waals surface area contributed by atoms with Crippen LogP contribution < -0.4 is 0 Å². The molecular formula is C17H22O4. The van der Waals surface area contributed by atoms with E-state index in [9.17, 15) is 14.7 Å². The Morgan fingerprint density at radius 2 is 2.00 bits per heavy atom. The first kappa shape index (κ1) is 15.5. The van der Waals surface area contributed by atoms with Crippen LogP contribution in [0.1, 0.15) is 60.9 Å². The SMILES string of the molecule is CC[C@@]1(C(=O)O)CCC[C@H](c2ccc(C(=O)OC)cc2)C1. The Hall–Kier alpha value is -1.84. The lowest BCUT2D eigenvalue weighted by Gasteiger charge is -2.37. The van der Waals surface area contributed by atoms with Crippen LogP contribution in [-0.4, -0.2) is 24.2 Å². The molecule has 4 nitrogen and oxygen atoms in total. The molecule has 4 heteroatoms. The smallest absolute Gasteiger partial charge is 0.337 e. The lowest BCUT2D eigenvalue weighted by Crippen LogP contribution is -2.35. The van der Waals surface area contributed by atoms with Gasteiger partial charge in [0, 0.05) is 0 Å². The van der Waals surface area contributed by atoms with E-state index >= 15 is 0 Å². The van der Waals surface area contributed by atoms with Crippen LogP contribution in [0.2, 0.25) is 0 Å². The molecule has 1 saturated carbocycles. The Labute approximate surface area is 125 Å². The van der Waals surface area contributed by atoms with E-state index in [1.807, 2.05) is 19.1 Å². The second-order valence-electron chi connectivity index (χ2n) is 5.85. The van der Waals surface area contributed by atoms with E-state index in [-0.39, 0.29) is 11.9 Å². The van der Waals surface area contributed by atoms with E-state index in [0.717, 1.165) is 24.8 Å². The van der Waals surface area contributed by atoms with Gasteiger partial charge in [0.1, 0.15) is 0 Å². The average Bonchev–Trinajstić information content (AvgIpc) is 2.54. The average molecular weight is 290 g/mol. The Kier molecular flexibility index (Phi) is 4.66. The molecule has 0 radical (unpaired) electrons. The van der Waals surface area contributed by atoms with Crippen molar-refractivity contribution >= 4 is 11.9 Å². The number of esters is 1. The Bertz CT molecular complexity index is 520. The van der Waals surface area contributed by atoms with E-state index in [2.05, 4.69) is 4.74 Å². The van der Waals surface area contributed by atoms with Gasteiger partial charge in [0.15, 0.2) is 0 Å². The number of hydrogen-bond donors (Lipinski definition) is 1. The van der Waals surface area contributed by atoms with E-state index in [1.54, 1.807) is 12.1 Å². The number of hydrogen-bond acceptors (Lipinski definition) is 3. The molecule has 2 atom stereocenters. The number of methoxy groups -OCH3 is 1. The molecular weight excluding hydrogens is 268 g/mol. The summed E-state index contributed by atoms with van der Waals surface area (Å²) in [5, 5.41) is 9.54. The van der Waals surface area contributed by atoms with Crippen molar-refractivity contribution in [2.45, 2.75) is 44.9 Å². The standard InChI is InChI=1S/C17H22O4/c1-3-17(16(19)20)10-4-5-14(11-17)12-6-8-13(9-7-12)15(18)21-2/h6-9,14H,3-5,10-11H2,1-2H3,(H,19,20)/t14-,17+/m0/s1. The number of rotatable bonds is 4. The number of aliphatic carboxylic acids is 1. The number of benzene rings is 1. The van der Waals surface area contributed by atoms with Gasteiger partial charge in [0.25, 0.3) is 0 Å². The number of carboxylic acid groups (broad SMARTS) is 1. The topological polar surface area (TPSA) is 63.6 Å². The lowest BCUT2D eigenvalue weighted by atomic mass is 9.66. The molecule has 0 amide bonds. The second kappa shape index (κ2) is 6.29. The fourth-order valence-electron chi connectivity index (χ4n) is 3.32. The summed E-state index contributed by atoms with van der Waals surface area (Å²) >= 11 is 0. The largest absolute Gasteiger partial charge is 0.481 e. The molecule has 1 aliphatic carbocycles. The molecule has 1 aliphatic rings. The zero-order chi connectivity index (χ0) is 15.5. The normalized spacial score (nSPS) is 25.3. The Morgan fingerprint density at radius 3 is 2.52 bits per heavy atom. The van der Waals surface area contributed by atoms with Crippen molar-refractivity contribution < 1.29 is 19.4 Å². The van der Waals surface area contributed by atoms with E-state index in [4.69, 9.17) is 0 Å². The second-order valence-corrected chi connectivity index (χ2v) is 5.85. The molecule has 0 aromatic heterocycles. The third-order valence-electron chi connectivity index (χ3n) is 4.78. The first-order valence-electron chi connectivity index (χ1n) is 7.44. The molecule has 1 fully saturated rings. The fraction of sp³-hybridized carbons (Fsp3) is 0.529. The predicted octanol–water partition coefficient (Wildman–Crippen LogP) is 3.61. The minimum Gasteiger partial charge on any atom is -0.481 e. The number of carbonyl (C=O) groups excluding carboxylic acids is 1. The monoisotopic (exact) mass is 290 g/mol. The molecule has 114 valence electrons. The van der Waals surface area contributed by atoms with Crippen LogP contribution in [0.3, 0.4) is 0 Å². The summed E-state index contributed by atoms with van der Waals surface area (Å²) < 4.78 is 4.69. The maximum atomic E-state index is 11.6. The van der Waals surface area contributed by atoms with Gasteiger partial charge in [-0.05, 0) is 49.3 Å². The van der Waals surface area contributed by atoms with E-state index in [0.29, 0.717) is 18.4 Å². The molecule has 0 unspecified atom stereocenters. The minimum absolute atomic E-state index is 0.251. The molecule has 0 bridgehead atoms. The Balaban J connectivity index is 2.18. The first-order valence-corrected chi connectivity index (χ1v) is 7.44. The summed E-state index contributed by atoms with van der Waals surface area (Å²) in [7, 11) is 1.36. The van der Waals surface area contributed by atoms with Gasteiger partial charge in [-0.1, -0.05) is 25.5 Å². The third-order valence-corrected chi connectivity index (χ3v) is 4.78. The van der Waals surface area contributed by atoms with Crippen LogP contribution >= 0.6 is 0 Å². The maximum Gasteiger partial charge on any atom is 0.337 e. The fourth-order valence-corrected chi connectivity index (χ4v) is 3.32. The van der Waals surface area contributed by atoms with Crippen LogP contribution in [0, 0.1) is 5.41 Å². The highest BCUT2D eigenvalue weighted by atomic mass is 16.5. The van der Waals surface area contributed by atoms with Crippen LogP contribution in [0.25, 0.3) is 0 Å². The van der Waals surface area contributed by atoms with Gasteiger partial charge in [-0.25, -0.2) is 4.79 Å². The van der Waals surface area contributed by atoms with Crippen molar-refractivity contribution in [2.75, 3.05) is 7.11 Å². The highest BCUT2D eigenvalue weighted by Crippen LogP contribution is 2.46. The molecule has 0 spiro atoms. The van der Waals surface area contributed by atoms with Crippen molar-refractivity contribution in [2.24, 2.45) is 5.41 Å². The number of carbonyl (C=O) groups is 2. The third kappa shape index (κ3) is 3.09. The van der Waals surface area contributed by atoms with Crippen LogP contribution in [0.15, 0.2) is 24.3 Å². The summed E-state index contributed by atoms with van der Waals surface area (Å²) in [6.07, 6.45) is 4.04. The van der Waals surface area contributed by atoms with Crippen LogP contribution in [0.4, 0.5) is 0 Å². The van der Waals surface area contributed by atoms with E-state index in [1.165, 1.54) is 7.11 Å². The van der Waals surface area contributed by atoms with Crippen molar-refractivity contribution in [3.63, 3.8) is 0 Å². The minimum atomic E-state index is -0.680. The zero-order valence-electron chi connectivity index (χ0n) is 12.6. The quantitative estimate of drug-likeness (QED) is 0.860. The molecule has 2 rings (SSSR count). The summed E-state index contributed by atoms with van der Waals surface area (Å²) in [4.78, 5) is 23.0. The molecule has 1 aromatic rings. The Morgan fingerprint density at radius 1 is 1.33 bits per heavy atom. The summed E-state index contributed by atoms with van der Waals surface area (Å²) in [6.45, 7) is 1.96. The molecule has 0 heterocycles. The zero-order valence-corrected chi connectivity index (χ0v) is 12.6. The van der Waals surface area contributed by atoms with Crippen molar-refractivity contribution in [1.29, 1.82) is 0 Å². The van der Waals surface area contributed by atoms with Gasteiger partial charge >= 0.3 is 11.9 Å². The highest BCUT2D eigenvalue weighted by Gasteiger charge is 2.41. The van der Waals surface area contributed by atoms with Crippen molar-refractivity contribution in [3.8, 4) is 0 Å². The molecule has 21 heavy (non-hydrogen) atoms. The lowest BCUT2D eigenvalue weighted by molar-refractivity contribution is -0.151.